The highest BCUT2D eigenvalue weighted by molar-refractivity contribution is 7.36. The zero-order chi connectivity index (χ0) is 39.6. The third-order valence-electron chi connectivity index (χ3n) is 12.2. The molecule has 0 bridgehead atoms. The van der Waals surface area contributed by atoms with E-state index in [4.69, 9.17) is 0 Å². The van der Waals surface area contributed by atoms with Gasteiger partial charge in [-0.1, -0.05) is 206 Å². The molecule has 0 aliphatic carbocycles. The van der Waals surface area contributed by atoms with Gasteiger partial charge in [-0.3, -0.25) is 0 Å². The molecule has 0 saturated heterocycles. The van der Waals surface area contributed by atoms with E-state index in [1.165, 1.54) is 118 Å². The Balaban J connectivity index is 0.773. The van der Waals surface area contributed by atoms with Crippen LogP contribution in [0.5, 0.6) is 0 Å². The molecule has 280 valence electrons. The lowest BCUT2D eigenvalue weighted by molar-refractivity contribution is 1.59. The summed E-state index contributed by atoms with van der Waals surface area (Å²) in [6.07, 6.45) is 0. The third kappa shape index (κ3) is 6.04. The average Bonchev–Trinajstić information content (AvgIpc) is 3.87. The van der Waals surface area contributed by atoms with Crippen molar-refractivity contribution in [2.45, 2.75) is 0 Å². The molecular formula is C58H36S2. The fourth-order valence-corrected chi connectivity index (χ4v) is 11.7. The van der Waals surface area contributed by atoms with Gasteiger partial charge in [-0.25, -0.2) is 0 Å². The fourth-order valence-electron chi connectivity index (χ4n) is 8.96. The Hall–Kier alpha value is -7.10. The van der Waals surface area contributed by atoms with Gasteiger partial charge in [-0.2, -0.15) is 0 Å². The maximum Gasteiger partial charge on any atom is 0.0542 e. The average molecular weight is 797 g/mol. The SMILES string of the molecule is c1ccc2c(-c3ccc(-c4ccc(-c5ccc6c(c5)sc5c7ccc(-c8ccc(-c9ccc(-c%10cccc%11ccccc%10%11)cc9)cc8)cc7sc65)cc4)cc3)cccc2c1. The molecule has 2 heteroatoms. The first kappa shape index (κ1) is 34.9. The van der Waals surface area contributed by atoms with Gasteiger partial charge in [-0.15, -0.1) is 22.7 Å². The minimum absolute atomic E-state index is 1.23. The maximum atomic E-state index is 2.37. The Morgan fingerprint density at radius 3 is 0.900 bits per heavy atom. The summed E-state index contributed by atoms with van der Waals surface area (Å²) in [7, 11) is 0. The van der Waals surface area contributed by atoms with E-state index in [0.29, 0.717) is 0 Å². The summed E-state index contributed by atoms with van der Waals surface area (Å²) in [6, 6.07) is 80.3. The van der Waals surface area contributed by atoms with E-state index in [0.717, 1.165) is 0 Å². The predicted molar refractivity (Wildman–Crippen MR) is 262 cm³/mol. The van der Waals surface area contributed by atoms with Crippen molar-refractivity contribution in [3.05, 3.63) is 218 Å². The van der Waals surface area contributed by atoms with Crippen LogP contribution in [0.2, 0.25) is 0 Å². The van der Waals surface area contributed by atoms with Crippen molar-refractivity contribution in [3.8, 4) is 66.8 Å². The molecule has 0 aliphatic rings. The van der Waals surface area contributed by atoms with Crippen molar-refractivity contribution in [2.24, 2.45) is 0 Å². The van der Waals surface area contributed by atoms with Crippen LogP contribution < -0.4 is 0 Å². The standard InChI is InChI=1S/C58H36S2/c1-3-11-49-43(7-1)9-5-13-51(49)45-27-23-39(24-28-45)37-15-19-41(20-16-37)47-31-33-53-55(35-47)59-58-54-34-32-48(36-56(54)60-57(53)58)42-21-17-38(18-22-42)40-25-29-46(30-26-40)52-14-6-10-44-8-2-4-12-50(44)52/h1-36H. The number of thiophene rings is 2. The van der Waals surface area contributed by atoms with Gasteiger partial charge >= 0.3 is 0 Å². The van der Waals surface area contributed by atoms with Gasteiger partial charge in [-0.05, 0) is 100 Å². The Morgan fingerprint density at radius 2 is 0.517 bits per heavy atom. The minimum atomic E-state index is 1.23. The zero-order valence-corrected chi connectivity index (χ0v) is 34.2. The number of hydrogen-bond acceptors (Lipinski definition) is 2. The first-order valence-corrected chi connectivity index (χ1v) is 22.1. The summed E-state index contributed by atoms with van der Waals surface area (Å²) in [4.78, 5) is 0. The molecule has 12 aromatic rings. The Kier molecular flexibility index (Phi) is 8.33. The van der Waals surface area contributed by atoms with Crippen molar-refractivity contribution in [3.63, 3.8) is 0 Å². The maximum absolute atomic E-state index is 2.37. The van der Waals surface area contributed by atoms with Crippen molar-refractivity contribution in [1.82, 2.24) is 0 Å². The normalized spacial score (nSPS) is 11.7. The van der Waals surface area contributed by atoms with E-state index >= 15 is 0 Å². The van der Waals surface area contributed by atoms with Gasteiger partial charge in [0.2, 0.25) is 0 Å². The second-order valence-electron chi connectivity index (χ2n) is 15.6. The fraction of sp³-hybridized carbons (Fsp3) is 0. The molecule has 0 spiro atoms. The molecule has 0 aliphatic heterocycles. The highest BCUT2D eigenvalue weighted by Crippen LogP contribution is 2.46. The Labute approximate surface area is 356 Å². The largest absolute Gasteiger partial charge is 0.134 e. The van der Waals surface area contributed by atoms with Crippen molar-refractivity contribution >= 4 is 73.8 Å². The minimum Gasteiger partial charge on any atom is -0.134 e. The van der Waals surface area contributed by atoms with Crippen molar-refractivity contribution in [1.29, 1.82) is 0 Å². The lowest BCUT2D eigenvalue weighted by atomic mass is 9.95. The highest BCUT2D eigenvalue weighted by atomic mass is 32.1. The van der Waals surface area contributed by atoms with E-state index in [-0.39, 0.29) is 0 Å². The number of benzene rings is 10. The molecule has 60 heavy (non-hydrogen) atoms. The summed E-state index contributed by atoms with van der Waals surface area (Å²) in [5, 5.41) is 7.81. The van der Waals surface area contributed by atoms with Crippen LogP contribution in [0.15, 0.2) is 218 Å². The molecule has 0 saturated carbocycles. The van der Waals surface area contributed by atoms with Crippen LogP contribution in [-0.2, 0) is 0 Å². The van der Waals surface area contributed by atoms with Gasteiger partial charge < -0.3 is 0 Å². The topological polar surface area (TPSA) is 0 Å². The van der Waals surface area contributed by atoms with Crippen LogP contribution in [0, 0.1) is 0 Å². The van der Waals surface area contributed by atoms with E-state index < -0.39 is 0 Å². The number of fused-ring (bicyclic) bond motifs is 7. The molecule has 2 heterocycles. The molecule has 0 unspecified atom stereocenters. The lowest BCUT2D eigenvalue weighted by Crippen LogP contribution is -1.83. The lowest BCUT2D eigenvalue weighted by Gasteiger charge is -2.09. The monoisotopic (exact) mass is 796 g/mol. The second kappa shape index (κ2) is 14.3. The van der Waals surface area contributed by atoms with Crippen LogP contribution in [0.1, 0.15) is 0 Å². The summed E-state index contributed by atoms with van der Waals surface area (Å²) >= 11 is 3.84. The molecular weight excluding hydrogens is 761 g/mol. The third-order valence-corrected chi connectivity index (χ3v) is 14.7. The van der Waals surface area contributed by atoms with E-state index in [1.54, 1.807) is 0 Å². The quantitative estimate of drug-likeness (QED) is 0.157. The Morgan fingerprint density at radius 1 is 0.217 bits per heavy atom. The summed E-state index contributed by atoms with van der Waals surface area (Å²) in [5.41, 5.74) is 14.9. The Bertz CT molecular complexity index is 3300. The highest BCUT2D eigenvalue weighted by Gasteiger charge is 2.15. The van der Waals surface area contributed by atoms with Gasteiger partial charge in [0.15, 0.2) is 0 Å². The number of hydrogen-bond donors (Lipinski definition) is 0. The zero-order valence-electron chi connectivity index (χ0n) is 32.6. The van der Waals surface area contributed by atoms with Crippen LogP contribution >= 0.6 is 22.7 Å². The first-order chi connectivity index (χ1) is 29.7. The molecule has 0 radical (unpaired) electrons. The van der Waals surface area contributed by atoms with Crippen molar-refractivity contribution in [2.75, 3.05) is 0 Å². The molecule has 12 rings (SSSR count). The van der Waals surface area contributed by atoms with Gasteiger partial charge in [0.25, 0.3) is 0 Å². The van der Waals surface area contributed by atoms with Gasteiger partial charge in [0, 0.05) is 20.2 Å². The summed E-state index contributed by atoms with van der Waals surface area (Å²) in [5.74, 6) is 0. The van der Waals surface area contributed by atoms with E-state index in [9.17, 15) is 0 Å². The molecule has 0 amide bonds. The molecule has 0 atom stereocenters. The molecule has 0 N–H and O–H groups in total. The summed E-state index contributed by atoms with van der Waals surface area (Å²) < 4.78 is 5.46. The molecule has 0 nitrogen and oxygen atoms in total. The first-order valence-electron chi connectivity index (χ1n) is 20.5. The van der Waals surface area contributed by atoms with Crippen LogP contribution in [-0.4, -0.2) is 0 Å². The molecule has 0 fully saturated rings. The molecule has 10 aromatic carbocycles. The van der Waals surface area contributed by atoms with Crippen LogP contribution in [0.4, 0.5) is 0 Å². The summed E-state index contributed by atoms with van der Waals surface area (Å²) in [6.45, 7) is 0. The molecule has 2 aromatic heterocycles. The van der Waals surface area contributed by atoms with E-state index in [2.05, 4.69) is 218 Å². The van der Waals surface area contributed by atoms with Crippen molar-refractivity contribution < 1.29 is 0 Å². The predicted octanol–water partition coefficient (Wildman–Crippen LogP) is 17.6. The van der Waals surface area contributed by atoms with Gasteiger partial charge in [0.1, 0.15) is 0 Å². The second-order valence-corrected chi connectivity index (χ2v) is 17.8. The van der Waals surface area contributed by atoms with Gasteiger partial charge in [0.05, 0.1) is 9.40 Å². The van der Waals surface area contributed by atoms with E-state index in [1.807, 2.05) is 22.7 Å². The number of rotatable bonds is 6. The van der Waals surface area contributed by atoms with Crippen LogP contribution in [0.3, 0.4) is 0 Å². The smallest absolute Gasteiger partial charge is 0.0542 e. The van der Waals surface area contributed by atoms with Crippen LogP contribution in [0.25, 0.3) is 118 Å².